The van der Waals surface area contributed by atoms with Crippen LogP contribution >= 0.6 is 0 Å². The lowest BCUT2D eigenvalue weighted by Gasteiger charge is -2.31. The molecule has 2 aromatic rings. The first-order chi connectivity index (χ1) is 13.7. The maximum Gasteiger partial charge on any atom is 0.223 e. The topological polar surface area (TPSA) is 41.6 Å². The Hall–Kier alpha value is -2.40. The zero-order valence-corrected chi connectivity index (χ0v) is 16.1. The fourth-order valence-electron chi connectivity index (χ4n) is 4.44. The lowest BCUT2D eigenvalue weighted by molar-refractivity contribution is -0.131. The number of amides is 1. The maximum atomic E-state index is 12.9. The van der Waals surface area contributed by atoms with E-state index in [1.54, 1.807) is 12.1 Å². The average molecular weight is 382 g/mol. The van der Waals surface area contributed by atoms with Crippen LogP contribution in [0.3, 0.4) is 0 Å². The van der Waals surface area contributed by atoms with Gasteiger partial charge < -0.3 is 15.0 Å². The van der Waals surface area contributed by atoms with Gasteiger partial charge in [-0.1, -0.05) is 24.3 Å². The highest BCUT2D eigenvalue weighted by Crippen LogP contribution is 2.32. The van der Waals surface area contributed by atoms with Gasteiger partial charge in [-0.25, -0.2) is 4.39 Å². The van der Waals surface area contributed by atoms with Crippen molar-refractivity contribution < 1.29 is 13.9 Å². The number of rotatable bonds is 8. The number of nitrogens with one attached hydrogen (secondary N) is 1. The minimum atomic E-state index is -0.258. The molecule has 1 fully saturated rings. The molecule has 0 saturated carbocycles. The fraction of sp³-hybridized carbons (Fsp3) is 0.435. The van der Waals surface area contributed by atoms with Gasteiger partial charge in [0.15, 0.2) is 0 Å². The van der Waals surface area contributed by atoms with Crippen molar-refractivity contribution in [3.05, 3.63) is 65.5 Å². The standard InChI is InChI=1S/C23H27FN2O2/c24-19-5-8-22(9-6-19)28-14-13-25-12-11-20-7-10-23(27)26(20)21-15-17-3-1-2-4-18(17)16-21/h1-6,8-9,20-21,25H,7,10-16H2/t20-/m0/s1. The van der Waals surface area contributed by atoms with Crippen LogP contribution in [0, 0.1) is 5.82 Å². The molecular formula is C23H27FN2O2. The monoisotopic (exact) mass is 382 g/mol. The molecule has 2 aliphatic rings. The highest BCUT2D eigenvalue weighted by Gasteiger charge is 2.38. The zero-order chi connectivity index (χ0) is 19.3. The molecule has 0 unspecified atom stereocenters. The minimum absolute atomic E-state index is 0.258. The second-order valence-corrected chi connectivity index (χ2v) is 7.67. The zero-order valence-electron chi connectivity index (χ0n) is 16.1. The third kappa shape index (κ3) is 4.36. The first-order valence-electron chi connectivity index (χ1n) is 10.2. The Bertz CT molecular complexity index is 784. The van der Waals surface area contributed by atoms with Crippen molar-refractivity contribution in [2.75, 3.05) is 19.7 Å². The van der Waals surface area contributed by atoms with Crippen molar-refractivity contribution >= 4 is 5.91 Å². The van der Waals surface area contributed by atoms with Gasteiger partial charge in [-0.3, -0.25) is 4.79 Å². The highest BCUT2D eigenvalue weighted by atomic mass is 19.1. The number of carbonyl (C=O) groups is 1. The summed E-state index contributed by atoms with van der Waals surface area (Å²) >= 11 is 0. The minimum Gasteiger partial charge on any atom is -0.492 e. The van der Waals surface area contributed by atoms with E-state index >= 15 is 0 Å². The van der Waals surface area contributed by atoms with Gasteiger partial charge in [-0.05, 0) is 67.6 Å². The number of halogens is 1. The lowest BCUT2D eigenvalue weighted by Crippen LogP contribution is -2.43. The summed E-state index contributed by atoms with van der Waals surface area (Å²) in [6.45, 7) is 2.13. The van der Waals surface area contributed by atoms with Gasteiger partial charge in [-0.15, -0.1) is 0 Å². The summed E-state index contributed by atoms with van der Waals surface area (Å²) < 4.78 is 18.5. The molecule has 0 bridgehead atoms. The Balaban J connectivity index is 1.20. The van der Waals surface area contributed by atoms with Crippen LogP contribution in [0.15, 0.2) is 48.5 Å². The summed E-state index contributed by atoms with van der Waals surface area (Å²) in [7, 11) is 0. The molecule has 1 heterocycles. The van der Waals surface area contributed by atoms with Crippen LogP contribution in [0.25, 0.3) is 0 Å². The van der Waals surface area contributed by atoms with Gasteiger partial charge in [0.25, 0.3) is 0 Å². The number of benzene rings is 2. The molecule has 1 N–H and O–H groups in total. The second-order valence-electron chi connectivity index (χ2n) is 7.67. The molecule has 1 saturated heterocycles. The van der Waals surface area contributed by atoms with E-state index in [1.807, 2.05) is 0 Å². The Morgan fingerprint density at radius 3 is 2.46 bits per heavy atom. The van der Waals surface area contributed by atoms with Crippen LogP contribution in [0.4, 0.5) is 4.39 Å². The van der Waals surface area contributed by atoms with Crippen LogP contribution in [-0.4, -0.2) is 42.6 Å². The van der Waals surface area contributed by atoms with E-state index in [4.69, 9.17) is 4.74 Å². The molecule has 0 spiro atoms. The summed E-state index contributed by atoms with van der Waals surface area (Å²) in [5, 5.41) is 3.40. The predicted octanol–water partition coefficient (Wildman–Crippen LogP) is 3.34. The molecule has 0 radical (unpaired) electrons. The van der Waals surface area contributed by atoms with Crippen molar-refractivity contribution in [1.29, 1.82) is 0 Å². The smallest absolute Gasteiger partial charge is 0.223 e. The average Bonchev–Trinajstić information content (AvgIpc) is 3.28. The fourth-order valence-corrected chi connectivity index (χ4v) is 4.44. The molecule has 1 aliphatic heterocycles. The van der Waals surface area contributed by atoms with E-state index in [1.165, 1.54) is 23.3 Å². The van der Waals surface area contributed by atoms with Crippen molar-refractivity contribution in [3.63, 3.8) is 0 Å². The number of ether oxygens (including phenoxy) is 1. The number of hydrogen-bond donors (Lipinski definition) is 1. The van der Waals surface area contributed by atoms with Crippen LogP contribution < -0.4 is 10.1 Å². The van der Waals surface area contributed by atoms with Gasteiger partial charge in [0.1, 0.15) is 18.2 Å². The quantitative estimate of drug-likeness (QED) is 0.712. The normalized spacial score (nSPS) is 19.2. The van der Waals surface area contributed by atoms with Crippen molar-refractivity contribution in [2.45, 2.75) is 44.2 Å². The van der Waals surface area contributed by atoms with Gasteiger partial charge in [0.2, 0.25) is 5.91 Å². The van der Waals surface area contributed by atoms with Crippen LogP contribution in [0.1, 0.15) is 30.4 Å². The molecule has 1 amide bonds. The Labute approximate surface area is 165 Å². The second kappa shape index (κ2) is 8.74. The molecule has 2 aromatic carbocycles. The van der Waals surface area contributed by atoms with Crippen LogP contribution in [-0.2, 0) is 17.6 Å². The summed E-state index contributed by atoms with van der Waals surface area (Å²) in [6, 6.07) is 15.3. The summed E-state index contributed by atoms with van der Waals surface area (Å²) in [6.07, 6.45) is 4.56. The maximum absolute atomic E-state index is 12.9. The molecule has 1 aliphatic carbocycles. The molecule has 0 aromatic heterocycles. The number of hydrogen-bond acceptors (Lipinski definition) is 3. The first-order valence-corrected chi connectivity index (χ1v) is 10.2. The van der Waals surface area contributed by atoms with E-state index in [0.29, 0.717) is 36.8 Å². The summed E-state index contributed by atoms with van der Waals surface area (Å²) in [5.41, 5.74) is 2.78. The van der Waals surface area contributed by atoms with E-state index in [-0.39, 0.29) is 5.82 Å². The van der Waals surface area contributed by atoms with Crippen LogP contribution in [0.5, 0.6) is 5.75 Å². The van der Waals surface area contributed by atoms with Crippen molar-refractivity contribution in [1.82, 2.24) is 10.2 Å². The Morgan fingerprint density at radius 1 is 1.04 bits per heavy atom. The van der Waals surface area contributed by atoms with E-state index in [9.17, 15) is 9.18 Å². The van der Waals surface area contributed by atoms with Gasteiger partial charge in [-0.2, -0.15) is 0 Å². The number of likely N-dealkylation sites (tertiary alicyclic amines) is 1. The molecule has 4 rings (SSSR count). The third-order valence-corrected chi connectivity index (χ3v) is 5.81. The molecule has 4 nitrogen and oxygen atoms in total. The Morgan fingerprint density at radius 2 is 1.75 bits per heavy atom. The van der Waals surface area contributed by atoms with E-state index in [0.717, 1.165) is 38.8 Å². The summed E-state index contributed by atoms with van der Waals surface area (Å²) in [4.78, 5) is 14.7. The number of carbonyl (C=O) groups excluding carboxylic acids is 1. The largest absolute Gasteiger partial charge is 0.492 e. The predicted molar refractivity (Wildman–Crippen MR) is 107 cm³/mol. The van der Waals surface area contributed by atoms with Crippen LogP contribution in [0.2, 0.25) is 0 Å². The summed E-state index contributed by atoms with van der Waals surface area (Å²) in [5.74, 6) is 0.727. The van der Waals surface area contributed by atoms with E-state index in [2.05, 4.69) is 34.5 Å². The van der Waals surface area contributed by atoms with Gasteiger partial charge in [0.05, 0.1) is 0 Å². The van der Waals surface area contributed by atoms with Gasteiger partial charge in [0, 0.05) is 25.0 Å². The highest BCUT2D eigenvalue weighted by molar-refractivity contribution is 5.79. The first kappa shape index (κ1) is 18.9. The lowest BCUT2D eigenvalue weighted by atomic mass is 10.1. The van der Waals surface area contributed by atoms with Crippen molar-refractivity contribution in [2.24, 2.45) is 0 Å². The number of nitrogens with zero attached hydrogens (tertiary/aromatic N) is 1. The molecular weight excluding hydrogens is 355 g/mol. The Kier molecular flexibility index (Phi) is 5.91. The van der Waals surface area contributed by atoms with Crippen molar-refractivity contribution in [3.8, 4) is 5.75 Å². The van der Waals surface area contributed by atoms with E-state index < -0.39 is 0 Å². The molecule has 28 heavy (non-hydrogen) atoms. The molecule has 5 heteroatoms. The molecule has 148 valence electrons. The SMILES string of the molecule is O=C1CC[C@@H](CCNCCOc2ccc(F)cc2)N1C1Cc2ccccc2C1. The third-order valence-electron chi connectivity index (χ3n) is 5.81. The number of fused-ring (bicyclic) bond motifs is 1. The van der Waals surface area contributed by atoms with Gasteiger partial charge >= 0.3 is 0 Å². The molecule has 1 atom stereocenters.